The summed E-state index contributed by atoms with van der Waals surface area (Å²) in [7, 11) is 1.23. The Labute approximate surface area is 112 Å². The Hall–Kier alpha value is -1.79. The molecule has 0 saturated carbocycles. The zero-order valence-corrected chi connectivity index (χ0v) is 11.6. The Kier molecular flexibility index (Phi) is 8.32. The van der Waals surface area contributed by atoms with Crippen LogP contribution < -0.4 is 10.6 Å². The minimum Gasteiger partial charge on any atom is -0.480 e. The summed E-state index contributed by atoms with van der Waals surface area (Å²) in [5.74, 6) is -1.69. The number of ether oxygens (including phenoxy) is 1. The van der Waals surface area contributed by atoms with Crippen LogP contribution in [-0.4, -0.2) is 42.3 Å². The summed E-state index contributed by atoms with van der Waals surface area (Å²) in [4.78, 5) is 33.5. The van der Waals surface area contributed by atoms with Gasteiger partial charge in [-0.1, -0.05) is 13.3 Å². The highest BCUT2D eigenvalue weighted by Gasteiger charge is 2.21. The molecule has 0 heterocycles. The summed E-state index contributed by atoms with van der Waals surface area (Å²) in [5, 5.41) is 13.9. The van der Waals surface area contributed by atoms with Crippen molar-refractivity contribution in [3.8, 4) is 0 Å². The minimum absolute atomic E-state index is 0.00240. The van der Waals surface area contributed by atoms with Crippen molar-refractivity contribution in [1.29, 1.82) is 0 Å². The maximum absolute atomic E-state index is 11.6. The van der Waals surface area contributed by atoms with E-state index in [1.54, 1.807) is 0 Å². The molecule has 0 aromatic carbocycles. The highest BCUT2D eigenvalue weighted by molar-refractivity contribution is 5.83. The molecule has 19 heavy (non-hydrogen) atoms. The number of carbonyl (C=O) groups excluding carboxylic acids is 2. The van der Waals surface area contributed by atoms with E-state index in [1.807, 2.05) is 13.8 Å². The number of carboxylic acid groups (broad SMARTS) is 1. The second-order valence-corrected chi connectivity index (χ2v) is 4.31. The first-order valence-corrected chi connectivity index (χ1v) is 6.27. The maximum Gasteiger partial charge on any atom is 0.326 e. The van der Waals surface area contributed by atoms with Gasteiger partial charge in [-0.05, 0) is 19.8 Å². The van der Waals surface area contributed by atoms with Crippen molar-refractivity contribution in [2.45, 2.75) is 51.6 Å². The monoisotopic (exact) mass is 274 g/mol. The number of urea groups is 1. The van der Waals surface area contributed by atoms with Gasteiger partial charge in [-0.15, -0.1) is 0 Å². The molecule has 0 radical (unpaired) electrons. The highest BCUT2D eigenvalue weighted by Crippen LogP contribution is 2.00. The Morgan fingerprint density at radius 1 is 1.21 bits per heavy atom. The van der Waals surface area contributed by atoms with Crippen LogP contribution in [0.15, 0.2) is 0 Å². The average molecular weight is 274 g/mol. The van der Waals surface area contributed by atoms with E-state index in [2.05, 4.69) is 15.4 Å². The van der Waals surface area contributed by atoms with E-state index in [4.69, 9.17) is 5.11 Å². The third kappa shape index (κ3) is 8.01. The van der Waals surface area contributed by atoms with Crippen molar-refractivity contribution in [2.24, 2.45) is 0 Å². The standard InChI is InChI=1S/C12H22N2O5/c1-4-5-8(2)13-12(18)14-9(11(16)17)6-7-10(15)19-3/h8-9H,4-7H2,1-3H3,(H,16,17)(H2,13,14,18)/t8?,9-/m0/s1. The van der Waals surface area contributed by atoms with Crippen molar-refractivity contribution in [3.63, 3.8) is 0 Å². The van der Waals surface area contributed by atoms with E-state index in [-0.39, 0.29) is 18.9 Å². The number of hydrogen-bond donors (Lipinski definition) is 3. The number of rotatable bonds is 8. The topological polar surface area (TPSA) is 105 Å². The first-order chi connectivity index (χ1) is 8.90. The summed E-state index contributed by atoms with van der Waals surface area (Å²) < 4.78 is 4.42. The van der Waals surface area contributed by atoms with Crippen LogP contribution >= 0.6 is 0 Å². The quantitative estimate of drug-likeness (QED) is 0.570. The van der Waals surface area contributed by atoms with E-state index in [0.29, 0.717) is 0 Å². The van der Waals surface area contributed by atoms with Crippen LogP contribution in [0.5, 0.6) is 0 Å². The molecule has 0 spiro atoms. The number of hydrogen-bond acceptors (Lipinski definition) is 4. The van der Waals surface area contributed by atoms with E-state index < -0.39 is 24.0 Å². The van der Waals surface area contributed by atoms with Crippen LogP contribution in [0.3, 0.4) is 0 Å². The lowest BCUT2D eigenvalue weighted by Crippen LogP contribution is -2.48. The summed E-state index contributed by atoms with van der Waals surface area (Å²) in [6.07, 6.45) is 1.68. The van der Waals surface area contributed by atoms with Gasteiger partial charge in [-0.3, -0.25) is 4.79 Å². The Morgan fingerprint density at radius 2 is 1.84 bits per heavy atom. The lowest BCUT2D eigenvalue weighted by Gasteiger charge is -2.17. The zero-order chi connectivity index (χ0) is 14.8. The minimum atomic E-state index is -1.18. The molecule has 7 nitrogen and oxygen atoms in total. The van der Waals surface area contributed by atoms with Gasteiger partial charge in [0.15, 0.2) is 0 Å². The molecule has 0 saturated heterocycles. The largest absolute Gasteiger partial charge is 0.480 e. The smallest absolute Gasteiger partial charge is 0.326 e. The highest BCUT2D eigenvalue weighted by atomic mass is 16.5. The zero-order valence-electron chi connectivity index (χ0n) is 11.6. The lowest BCUT2D eigenvalue weighted by molar-refractivity contribution is -0.142. The van der Waals surface area contributed by atoms with E-state index in [9.17, 15) is 14.4 Å². The molecule has 0 aliphatic rings. The summed E-state index contributed by atoms with van der Waals surface area (Å²) in [5.41, 5.74) is 0. The van der Waals surface area contributed by atoms with E-state index in [1.165, 1.54) is 7.11 Å². The Balaban J connectivity index is 4.22. The van der Waals surface area contributed by atoms with Gasteiger partial charge in [0.05, 0.1) is 7.11 Å². The van der Waals surface area contributed by atoms with Crippen molar-refractivity contribution in [3.05, 3.63) is 0 Å². The van der Waals surface area contributed by atoms with Gasteiger partial charge in [-0.25, -0.2) is 9.59 Å². The summed E-state index contributed by atoms with van der Waals surface area (Å²) in [6, 6.07) is -1.67. The van der Waals surface area contributed by atoms with Crippen molar-refractivity contribution in [1.82, 2.24) is 10.6 Å². The number of aliphatic carboxylic acids is 1. The molecule has 110 valence electrons. The van der Waals surface area contributed by atoms with Crippen molar-refractivity contribution < 1.29 is 24.2 Å². The van der Waals surface area contributed by atoms with Crippen molar-refractivity contribution >= 4 is 18.0 Å². The van der Waals surface area contributed by atoms with E-state index >= 15 is 0 Å². The number of carboxylic acids is 1. The summed E-state index contributed by atoms with van der Waals surface area (Å²) >= 11 is 0. The van der Waals surface area contributed by atoms with Crippen LogP contribution in [-0.2, 0) is 14.3 Å². The van der Waals surface area contributed by atoms with Gasteiger partial charge >= 0.3 is 18.0 Å². The number of methoxy groups -OCH3 is 1. The summed E-state index contributed by atoms with van der Waals surface area (Å²) in [6.45, 7) is 3.83. The first kappa shape index (κ1) is 17.2. The van der Waals surface area contributed by atoms with Crippen LogP contribution in [0, 0.1) is 0 Å². The molecule has 0 aromatic heterocycles. The molecular formula is C12H22N2O5. The van der Waals surface area contributed by atoms with Gasteiger partial charge < -0.3 is 20.5 Å². The number of amides is 2. The SMILES string of the molecule is CCCC(C)NC(=O)N[C@@H](CCC(=O)OC)C(=O)O. The fourth-order valence-corrected chi connectivity index (χ4v) is 1.55. The van der Waals surface area contributed by atoms with Gasteiger partial charge in [-0.2, -0.15) is 0 Å². The molecule has 0 aromatic rings. The molecule has 1 unspecified atom stereocenters. The fourth-order valence-electron chi connectivity index (χ4n) is 1.55. The van der Waals surface area contributed by atoms with Crippen LogP contribution in [0.1, 0.15) is 39.5 Å². The third-order valence-corrected chi connectivity index (χ3v) is 2.57. The van der Waals surface area contributed by atoms with Gasteiger partial charge in [0.25, 0.3) is 0 Å². The number of carbonyl (C=O) groups is 3. The normalized spacial score (nSPS) is 13.2. The molecule has 7 heteroatoms. The number of nitrogens with one attached hydrogen (secondary N) is 2. The van der Waals surface area contributed by atoms with Gasteiger partial charge in [0, 0.05) is 12.5 Å². The Bertz CT molecular complexity index is 319. The van der Waals surface area contributed by atoms with Crippen LogP contribution in [0.25, 0.3) is 0 Å². The molecule has 0 rings (SSSR count). The second kappa shape index (κ2) is 9.18. The predicted octanol–water partition coefficient (Wildman–Crippen LogP) is 0.881. The lowest BCUT2D eigenvalue weighted by atomic mass is 10.1. The predicted molar refractivity (Wildman–Crippen MR) is 68.7 cm³/mol. The van der Waals surface area contributed by atoms with Crippen LogP contribution in [0.2, 0.25) is 0 Å². The molecule has 0 bridgehead atoms. The number of esters is 1. The van der Waals surface area contributed by atoms with Crippen LogP contribution in [0.4, 0.5) is 4.79 Å². The molecule has 0 fully saturated rings. The maximum atomic E-state index is 11.6. The molecule has 2 amide bonds. The third-order valence-electron chi connectivity index (χ3n) is 2.57. The fraction of sp³-hybridized carbons (Fsp3) is 0.750. The van der Waals surface area contributed by atoms with Crippen molar-refractivity contribution in [2.75, 3.05) is 7.11 Å². The molecule has 3 N–H and O–H groups in total. The second-order valence-electron chi connectivity index (χ2n) is 4.31. The molecule has 2 atom stereocenters. The molecule has 0 aliphatic carbocycles. The van der Waals surface area contributed by atoms with Gasteiger partial charge in [0.1, 0.15) is 6.04 Å². The van der Waals surface area contributed by atoms with Gasteiger partial charge in [0.2, 0.25) is 0 Å². The first-order valence-electron chi connectivity index (χ1n) is 6.27. The molecular weight excluding hydrogens is 252 g/mol. The average Bonchev–Trinajstić information content (AvgIpc) is 2.33. The molecule has 0 aliphatic heterocycles. The van der Waals surface area contributed by atoms with E-state index in [0.717, 1.165) is 12.8 Å². The Morgan fingerprint density at radius 3 is 2.32 bits per heavy atom.